The average Bonchev–Trinajstić information content (AvgIpc) is 2.69. The molecule has 1 saturated heterocycles. The van der Waals surface area contributed by atoms with Crippen LogP contribution in [0.5, 0.6) is 0 Å². The van der Waals surface area contributed by atoms with Crippen LogP contribution in [0.2, 0.25) is 0 Å². The molecule has 16 heteroatoms. The van der Waals surface area contributed by atoms with Crippen LogP contribution >= 0.6 is 0 Å². The highest BCUT2D eigenvalue weighted by Gasteiger charge is 2.39. The zero-order valence-corrected chi connectivity index (χ0v) is 25.8. The molecule has 0 radical (unpaired) electrons. The van der Waals surface area contributed by atoms with E-state index in [4.69, 9.17) is 0 Å². The molecule has 1 heterocycles. The van der Waals surface area contributed by atoms with Gasteiger partial charge in [-0.05, 0) is 41.5 Å². The summed E-state index contributed by atoms with van der Waals surface area (Å²) < 4.78 is 0. The van der Waals surface area contributed by atoms with Gasteiger partial charge in [0, 0.05) is 37.0 Å². The van der Waals surface area contributed by atoms with Crippen LogP contribution in [0.25, 0.3) is 0 Å². The van der Waals surface area contributed by atoms with E-state index in [0.29, 0.717) is 39.0 Å². The second-order valence-electron chi connectivity index (χ2n) is 11.4. The number of nitrogens with zero attached hydrogens (tertiary/aromatic N) is 2. The molecule has 0 aromatic carbocycles. The van der Waals surface area contributed by atoms with Gasteiger partial charge in [0.1, 0.15) is 0 Å². The predicted molar refractivity (Wildman–Crippen MR) is 139 cm³/mol. The fourth-order valence-electron chi connectivity index (χ4n) is 5.53. The maximum absolute atomic E-state index is 11.7. The molecule has 1 aliphatic rings. The van der Waals surface area contributed by atoms with Crippen LogP contribution in [0.4, 0.5) is 0 Å². The van der Waals surface area contributed by atoms with Crippen molar-refractivity contribution < 1.29 is 85.2 Å². The third-order valence-corrected chi connectivity index (χ3v) is 7.53. The number of carboxylic acid groups (broad SMARTS) is 4. The lowest BCUT2D eigenvalue weighted by Crippen LogP contribution is -3.17. The first kappa shape index (κ1) is 45.2. The summed E-state index contributed by atoms with van der Waals surface area (Å²) in [5, 5.41) is 38.2. The Bertz CT molecular complexity index is 740. The fourth-order valence-corrected chi connectivity index (χ4v) is 5.53. The van der Waals surface area contributed by atoms with Gasteiger partial charge in [0.05, 0.1) is 38.3 Å². The topological polar surface area (TPSA) is 228 Å². The second-order valence-corrected chi connectivity index (χ2v) is 11.4. The first-order valence-corrected chi connectivity index (χ1v) is 12.5. The van der Waals surface area contributed by atoms with Gasteiger partial charge in [-0.25, -0.2) is 9.59 Å². The molecule has 0 spiro atoms. The maximum Gasteiger partial charge on any atom is 0.359 e. The van der Waals surface area contributed by atoms with Crippen LogP contribution < -0.4 is 34.6 Å². The van der Waals surface area contributed by atoms with Gasteiger partial charge in [-0.1, -0.05) is 0 Å². The first-order valence-electron chi connectivity index (χ1n) is 12.5. The minimum atomic E-state index is -0.982. The van der Waals surface area contributed by atoms with Crippen molar-refractivity contribution >= 4 is 23.9 Å². The van der Waals surface area contributed by atoms with E-state index < -0.39 is 35.0 Å². The fraction of sp³-hybridized carbons (Fsp3) is 0.833. The Morgan fingerprint density at radius 1 is 0.650 bits per heavy atom. The van der Waals surface area contributed by atoms with Crippen LogP contribution in [0.15, 0.2) is 0 Å². The smallest absolute Gasteiger partial charge is 0.359 e. The molecule has 0 saturated carbocycles. The summed E-state index contributed by atoms with van der Waals surface area (Å²) in [6, 6.07) is -0.293. The van der Waals surface area contributed by atoms with Gasteiger partial charge < -0.3 is 66.0 Å². The maximum atomic E-state index is 11.7. The van der Waals surface area contributed by atoms with Crippen LogP contribution in [-0.4, -0.2) is 141 Å². The zero-order valence-electron chi connectivity index (χ0n) is 24.3. The number of rotatable bonds is 8. The van der Waals surface area contributed by atoms with Crippen molar-refractivity contribution in [3.8, 4) is 0 Å². The summed E-state index contributed by atoms with van der Waals surface area (Å²) in [6.45, 7) is 12.4. The molecule has 0 amide bonds. The molecule has 0 aromatic heterocycles. The minimum Gasteiger partial charge on any atom is -1.00 e. The molecule has 1 rings (SSSR count). The van der Waals surface area contributed by atoms with Crippen LogP contribution in [0, 0.1) is 0 Å². The van der Waals surface area contributed by atoms with E-state index in [1.807, 2.05) is 51.3 Å². The number of carbonyl (C=O) groups is 4. The molecular formula is C24H50Cl2N4O10. The Labute approximate surface area is 248 Å². The standard InChI is InChI=1S/C24H44N4O8.2ClH.2H2O/c1-17-11-23(3,4)27(15-21(33)34)10-8-26(14-20(31)32)18(2)12-24(5,6)28(16-22(35)36)9-7-25(17)13-19(29)30;;;;/h17-18H,7-16H2,1-6H3,(H,29,30)(H,31,32)(H,33,34)(H,35,36);2*1H;2*1H2/t17-,18+;;;;. The third kappa shape index (κ3) is 15.3. The van der Waals surface area contributed by atoms with Crippen molar-refractivity contribution in [3.05, 3.63) is 0 Å². The summed E-state index contributed by atoms with van der Waals surface area (Å²) in [4.78, 5) is 51.9. The van der Waals surface area contributed by atoms with Crippen LogP contribution in [-0.2, 0) is 19.2 Å². The number of aliphatic carboxylic acids is 4. The lowest BCUT2D eigenvalue weighted by Gasteiger charge is -2.44. The van der Waals surface area contributed by atoms with Crippen LogP contribution in [0.1, 0.15) is 54.4 Å². The van der Waals surface area contributed by atoms with Crippen molar-refractivity contribution in [1.82, 2.24) is 9.80 Å². The largest absolute Gasteiger partial charge is 1.00 e. The molecule has 0 aromatic rings. The number of hydrogen-bond donors (Lipinski definition) is 6. The number of halogens is 2. The van der Waals surface area contributed by atoms with E-state index in [1.54, 1.807) is 0 Å². The van der Waals surface area contributed by atoms with E-state index >= 15 is 0 Å². The highest BCUT2D eigenvalue weighted by Crippen LogP contribution is 2.22. The lowest BCUT2D eigenvalue weighted by atomic mass is 9.91. The Kier molecular flexibility index (Phi) is 21.9. The number of carboxylic acids is 4. The molecule has 4 atom stereocenters. The van der Waals surface area contributed by atoms with E-state index in [1.165, 1.54) is 0 Å². The summed E-state index contributed by atoms with van der Waals surface area (Å²) in [5.74, 6) is -3.87. The number of hydrogen-bond acceptors (Lipinski definition) is 6. The molecule has 240 valence electrons. The first-order chi connectivity index (χ1) is 16.4. The Balaban J connectivity index is -0.00000162. The SMILES string of the molecule is C[C@@H]1CC(C)(C)N(CC(=O)O)CC[NH+](CC(=O)O)[C@@H](C)CC(C)(C)N(CC(=O)O)CC[NH+]1CC(=O)O.O.O.[Cl-].[Cl-]. The number of nitrogens with one attached hydrogen (secondary N) is 2. The lowest BCUT2D eigenvalue weighted by molar-refractivity contribution is -0.919. The highest BCUT2D eigenvalue weighted by atomic mass is 35.5. The van der Waals surface area contributed by atoms with E-state index in [-0.39, 0.29) is 74.0 Å². The summed E-state index contributed by atoms with van der Waals surface area (Å²) in [5.41, 5.74) is -1.19. The van der Waals surface area contributed by atoms with Gasteiger partial charge in [-0.15, -0.1) is 0 Å². The Hall–Kier alpha value is -1.78. The van der Waals surface area contributed by atoms with Gasteiger partial charge >= 0.3 is 23.9 Å². The van der Waals surface area contributed by atoms with Gasteiger partial charge in [-0.3, -0.25) is 19.4 Å². The molecule has 10 N–H and O–H groups in total. The Morgan fingerprint density at radius 3 is 1.15 bits per heavy atom. The van der Waals surface area contributed by atoms with Gasteiger partial charge in [-0.2, -0.15) is 0 Å². The Morgan fingerprint density at radius 2 is 0.925 bits per heavy atom. The van der Waals surface area contributed by atoms with Crippen molar-refractivity contribution in [2.24, 2.45) is 0 Å². The van der Waals surface area contributed by atoms with Gasteiger partial charge in [0.2, 0.25) is 0 Å². The predicted octanol–water partition coefficient (Wildman–Crippen LogP) is -9.81. The summed E-state index contributed by atoms with van der Waals surface area (Å²) in [6.07, 6.45) is 1.02. The summed E-state index contributed by atoms with van der Waals surface area (Å²) in [7, 11) is 0. The third-order valence-electron chi connectivity index (χ3n) is 7.53. The summed E-state index contributed by atoms with van der Waals surface area (Å²) >= 11 is 0. The van der Waals surface area contributed by atoms with Crippen molar-refractivity contribution in [2.75, 3.05) is 52.4 Å². The molecular weight excluding hydrogens is 575 g/mol. The minimum absolute atomic E-state index is 0. The van der Waals surface area contributed by atoms with E-state index in [2.05, 4.69) is 0 Å². The monoisotopic (exact) mass is 624 g/mol. The van der Waals surface area contributed by atoms with Crippen molar-refractivity contribution in [2.45, 2.75) is 77.5 Å². The molecule has 1 aliphatic heterocycles. The normalized spacial score (nSPS) is 25.8. The van der Waals surface area contributed by atoms with E-state index in [9.17, 15) is 39.6 Å². The molecule has 0 bridgehead atoms. The molecule has 40 heavy (non-hydrogen) atoms. The average molecular weight is 626 g/mol. The van der Waals surface area contributed by atoms with Gasteiger partial charge in [0.15, 0.2) is 13.1 Å². The van der Waals surface area contributed by atoms with Gasteiger partial charge in [0.25, 0.3) is 0 Å². The number of quaternary nitrogens is 2. The van der Waals surface area contributed by atoms with Crippen LogP contribution in [0.3, 0.4) is 0 Å². The van der Waals surface area contributed by atoms with Crippen molar-refractivity contribution in [1.29, 1.82) is 0 Å². The van der Waals surface area contributed by atoms with E-state index in [0.717, 1.165) is 9.80 Å². The van der Waals surface area contributed by atoms with Crippen molar-refractivity contribution in [3.63, 3.8) is 0 Å². The highest BCUT2D eigenvalue weighted by molar-refractivity contribution is 5.69. The molecule has 0 aliphatic carbocycles. The second kappa shape index (κ2) is 19.4. The quantitative estimate of drug-likeness (QED) is 0.149. The molecule has 2 unspecified atom stereocenters. The molecule has 14 nitrogen and oxygen atoms in total. The molecule has 1 fully saturated rings. The zero-order chi connectivity index (χ0) is 27.8.